The molecule has 0 unspecified atom stereocenters. The smallest absolute Gasteiger partial charge is 0.315 e. The van der Waals surface area contributed by atoms with Crippen LogP contribution in [0.3, 0.4) is 0 Å². The van der Waals surface area contributed by atoms with E-state index in [1.54, 1.807) is 12.1 Å². The third-order valence-corrected chi connectivity index (χ3v) is 4.40. The van der Waals surface area contributed by atoms with Crippen molar-refractivity contribution in [2.24, 2.45) is 0 Å². The number of morpholine rings is 1. The van der Waals surface area contributed by atoms with E-state index in [1.807, 2.05) is 0 Å². The van der Waals surface area contributed by atoms with Gasteiger partial charge >= 0.3 is 6.03 Å². The summed E-state index contributed by atoms with van der Waals surface area (Å²) >= 11 is 0. The van der Waals surface area contributed by atoms with E-state index in [9.17, 15) is 14.0 Å². The molecule has 7 nitrogen and oxygen atoms in total. The molecule has 0 aliphatic carbocycles. The molecule has 2 N–H and O–H groups in total. The average molecular weight is 350 g/mol. The number of benzene rings is 1. The van der Waals surface area contributed by atoms with E-state index in [4.69, 9.17) is 4.74 Å². The van der Waals surface area contributed by atoms with Gasteiger partial charge in [0.2, 0.25) is 5.91 Å². The zero-order valence-electron chi connectivity index (χ0n) is 14.0. The fraction of sp³-hybridized carbons (Fsp3) is 0.529. The maximum absolute atomic E-state index is 13.3. The number of amides is 3. The molecule has 3 amide bonds. The second-order valence-electron chi connectivity index (χ2n) is 6.24. The van der Waals surface area contributed by atoms with Gasteiger partial charge in [-0.3, -0.25) is 9.69 Å². The van der Waals surface area contributed by atoms with Gasteiger partial charge in [0.1, 0.15) is 5.82 Å². The zero-order chi connectivity index (χ0) is 17.6. The second-order valence-corrected chi connectivity index (χ2v) is 6.24. The summed E-state index contributed by atoms with van der Waals surface area (Å²) in [7, 11) is 0. The van der Waals surface area contributed by atoms with Crippen LogP contribution in [0.1, 0.15) is 6.42 Å². The fourth-order valence-electron chi connectivity index (χ4n) is 3.09. The first kappa shape index (κ1) is 17.6. The van der Waals surface area contributed by atoms with E-state index < -0.39 is 0 Å². The Labute approximate surface area is 146 Å². The lowest BCUT2D eigenvalue weighted by Crippen LogP contribution is -2.46. The lowest BCUT2D eigenvalue weighted by molar-refractivity contribution is -0.117. The van der Waals surface area contributed by atoms with E-state index in [0.29, 0.717) is 18.8 Å². The zero-order valence-corrected chi connectivity index (χ0v) is 14.0. The molecule has 2 aliphatic heterocycles. The third kappa shape index (κ3) is 4.90. The minimum absolute atomic E-state index is 0.121. The topological polar surface area (TPSA) is 73.9 Å². The van der Waals surface area contributed by atoms with Crippen LogP contribution in [0.15, 0.2) is 24.3 Å². The highest BCUT2D eigenvalue weighted by atomic mass is 19.1. The molecule has 0 radical (unpaired) electrons. The maximum Gasteiger partial charge on any atom is 0.315 e. The van der Waals surface area contributed by atoms with Gasteiger partial charge in [-0.1, -0.05) is 6.07 Å². The molecule has 136 valence electrons. The number of halogens is 1. The van der Waals surface area contributed by atoms with Gasteiger partial charge in [0.25, 0.3) is 0 Å². The van der Waals surface area contributed by atoms with Crippen molar-refractivity contribution in [2.75, 3.05) is 50.8 Å². The number of nitrogens with zero attached hydrogens (tertiary/aromatic N) is 2. The molecule has 0 saturated carbocycles. The van der Waals surface area contributed by atoms with Crippen molar-refractivity contribution in [3.05, 3.63) is 30.1 Å². The van der Waals surface area contributed by atoms with Crippen LogP contribution in [0.25, 0.3) is 0 Å². The first-order chi connectivity index (χ1) is 12.1. The Bertz CT molecular complexity index is 622. The first-order valence-corrected chi connectivity index (χ1v) is 8.52. The van der Waals surface area contributed by atoms with Gasteiger partial charge in [-0.25, -0.2) is 9.18 Å². The highest BCUT2D eigenvalue weighted by Gasteiger charge is 2.31. The summed E-state index contributed by atoms with van der Waals surface area (Å²) in [6.45, 7) is 4.87. The number of carbonyl (C=O) groups is 2. The van der Waals surface area contributed by atoms with E-state index in [2.05, 4.69) is 15.5 Å². The van der Waals surface area contributed by atoms with E-state index in [0.717, 1.165) is 32.8 Å². The van der Waals surface area contributed by atoms with Gasteiger partial charge in [0.05, 0.1) is 19.3 Å². The molecule has 8 heteroatoms. The molecule has 1 aromatic carbocycles. The minimum Gasteiger partial charge on any atom is -0.379 e. The molecule has 0 spiro atoms. The van der Waals surface area contributed by atoms with Crippen LogP contribution in [-0.2, 0) is 9.53 Å². The molecule has 2 heterocycles. The lowest BCUT2D eigenvalue weighted by Gasteiger charge is -2.26. The van der Waals surface area contributed by atoms with Crippen LogP contribution in [0.2, 0.25) is 0 Å². The van der Waals surface area contributed by atoms with Crippen LogP contribution in [0.5, 0.6) is 0 Å². The molecule has 1 aromatic rings. The number of nitrogens with one attached hydrogen (secondary N) is 2. The Morgan fingerprint density at radius 1 is 1.32 bits per heavy atom. The highest BCUT2D eigenvalue weighted by Crippen LogP contribution is 2.22. The molecule has 0 aromatic heterocycles. The van der Waals surface area contributed by atoms with Crippen molar-refractivity contribution in [3.8, 4) is 0 Å². The Balaban J connectivity index is 1.42. The fourth-order valence-corrected chi connectivity index (χ4v) is 3.09. The van der Waals surface area contributed by atoms with Crippen LogP contribution in [0, 0.1) is 5.82 Å². The van der Waals surface area contributed by atoms with Crippen LogP contribution >= 0.6 is 0 Å². The summed E-state index contributed by atoms with van der Waals surface area (Å²) in [5, 5.41) is 5.62. The van der Waals surface area contributed by atoms with Crippen molar-refractivity contribution < 1.29 is 18.7 Å². The predicted molar refractivity (Wildman–Crippen MR) is 91.0 cm³/mol. The summed E-state index contributed by atoms with van der Waals surface area (Å²) in [5.74, 6) is -0.508. The van der Waals surface area contributed by atoms with Gasteiger partial charge in [-0.15, -0.1) is 0 Å². The highest BCUT2D eigenvalue weighted by molar-refractivity contribution is 5.96. The molecule has 1 atom stereocenters. The monoisotopic (exact) mass is 350 g/mol. The molecule has 2 saturated heterocycles. The maximum atomic E-state index is 13.3. The van der Waals surface area contributed by atoms with Gasteiger partial charge in [-0.05, 0) is 18.2 Å². The first-order valence-electron chi connectivity index (χ1n) is 8.52. The van der Waals surface area contributed by atoms with Gasteiger partial charge in [-0.2, -0.15) is 0 Å². The van der Waals surface area contributed by atoms with Crippen molar-refractivity contribution >= 4 is 17.6 Å². The summed E-state index contributed by atoms with van der Waals surface area (Å²) < 4.78 is 18.6. The molecule has 0 bridgehead atoms. The van der Waals surface area contributed by atoms with Crippen LogP contribution < -0.4 is 15.5 Å². The van der Waals surface area contributed by atoms with Gasteiger partial charge < -0.3 is 20.3 Å². The quantitative estimate of drug-likeness (QED) is 0.814. The number of anilines is 1. The Hall–Kier alpha value is -2.19. The molecular formula is C17H23FN4O3. The largest absolute Gasteiger partial charge is 0.379 e. The summed E-state index contributed by atoms with van der Waals surface area (Å²) in [6, 6.07) is 5.35. The SMILES string of the molecule is O=C(NCCN1CCOCC1)N[C@H]1CC(=O)N(c2cccc(F)c2)C1. The predicted octanol–water partition coefficient (Wildman–Crippen LogP) is 0.562. The Kier molecular flexibility index (Phi) is 5.83. The van der Waals surface area contributed by atoms with Crippen LogP contribution in [0.4, 0.5) is 14.9 Å². The Morgan fingerprint density at radius 3 is 2.88 bits per heavy atom. The number of hydrogen-bond acceptors (Lipinski definition) is 4. The van der Waals surface area contributed by atoms with Crippen molar-refractivity contribution in [2.45, 2.75) is 12.5 Å². The summed E-state index contributed by atoms with van der Waals surface area (Å²) in [4.78, 5) is 27.8. The van der Waals surface area contributed by atoms with E-state index in [1.165, 1.54) is 17.0 Å². The molecule has 25 heavy (non-hydrogen) atoms. The second kappa shape index (κ2) is 8.26. The van der Waals surface area contributed by atoms with Crippen molar-refractivity contribution in [1.82, 2.24) is 15.5 Å². The van der Waals surface area contributed by atoms with Crippen molar-refractivity contribution in [1.29, 1.82) is 0 Å². The standard InChI is InChI=1S/C17H23FN4O3/c18-13-2-1-3-15(10-13)22-12-14(11-16(22)23)20-17(24)19-4-5-21-6-8-25-9-7-21/h1-3,10,14H,4-9,11-12H2,(H2,19,20,24)/t14-/m0/s1. The number of hydrogen-bond donors (Lipinski definition) is 2. The molecule has 2 aliphatic rings. The Morgan fingerprint density at radius 2 is 2.12 bits per heavy atom. The molecule has 2 fully saturated rings. The third-order valence-electron chi connectivity index (χ3n) is 4.40. The summed E-state index contributed by atoms with van der Waals surface area (Å²) in [5.41, 5.74) is 0.516. The minimum atomic E-state index is -0.387. The van der Waals surface area contributed by atoms with Crippen LogP contribution in [-0.4, -0.2) is 68.8 Å². The van der Waals surface area contributed by atoms with E-state index in [-0.39, 0.29) is 30.2 Å². The number of carbonyl (C=O) groups excluding carboxylic acids is 2. The summed E-state index contributed by atoms with van der Waals surface area (Å²) in [6.07, 6.45) is 0.216. The average Bonchev–Trinajstić information content (AvgIpc) is 2.96. The molecular weight excluding hydrogens is 327 g/mol. The van der Waals surface area contributed by atoms with Crippen molar-refractivity contribution in [3.63, 3.8) is 0 Å². The van der Waals surface area contributed by atoms with Gasteiger partial charge in [0.15, 0.2) is 0 Å². The number of ether oxygens (including phenoxy) is 1. The van der Waals surface area contributed by atoms with E-state index >= 15 is 0 Å². The number of urea groups is 1. The lowest BCUT2D eigenvalue weighted by atomic mass is 10.2. The number of rotatable bonds is 5. The normalized spacial score (nSPS) is 21.4. The van der Waals surface area contributed by atoms with Gasteiger partial charge in [0, 0.05) is 44.8 Å². The molecule has 3 rings (SSSR count).